The Morgan fingerprint density at radius 3 is 2.50 bits per heavy atom. The summed E-state index contributed by atoms with van der Waals surface area (Å²) in [5.74, 6) is 0. The first kappa shape index (κ1) is 0.882. The minimum absolute atomic E-state index is 0.736. The average Bonchev–Trinajstić information content (AvgIpc) is 1.49. The van der Waals surface area contributed by atoms with Crippen molar-refractivity contribution in [3.05, 3.63) is 10.1 Å². The molecule has 0 unspecified atom stereocenters. The number of hydrogen-bond donors (Lipinski definition) is 0. The molecule has 36 valence electrons. The highest BCUT2D eigenvalue weighted by Crippen LogP contribution is 1.67. The van der Waals surface area contributed by atoms with Gasteiger partial charge in [-0.1, -0.05) is 0 Å². The van der Waals surface area contributed by atoms with E-state index in [0.29, 0.717) is 0 Å². The third kappa shape index (κ3) is 1.51. The number of hydrazine groups is 1. The maximum atomic E-state index is 10.0. The molecule has 0 heterocycles. The Morgan fingerprint density at radius 1 is 2.00 bits per heavy atom. The summed E-state index contributed by atoms with van der Waals surface area (Å²) >= 11 is 0. The molecule has 0 saturated carbocycles. The van der Waals surface area contributed by atoms with Crippen LogP contribution in [0.3, 0.4) is 0 Å². The van der Waals surface area contributed by atoms with Crippen LogP contribution in [0.2, 0.25) is 0 Å². The van der Waals surface area contributed by atoms with E-state index in [2.05, 4.69) is 0 Å². The van der Waals surface area contributed by atoms with E-state index in [0.717, 1.165) is 0 Å². The molecule has 0 spiro atoms. The van der Waals surface area contributed by atoms with Crippen LogP contribution < -0.4 is 0 Å². The quantitative estimate of drug-likeness (QED) is 0.333. The van der Waals surface area contributed by atoms with Crippen molar-refractivity contribution in [1.29, 1.82) is 0 Å². The zero-order valence-electron chi connectivity index (χ0n) is 8.71. The molecule has 0 aliphatic rings. The normalized spacial score (nSPS) is 26.7. The van der Waals surface area contributed by atoms with Crippen LogP contribution in [-0.4, -0.2) is 24.0 Å². The molecule has 0 rings (SSSR count). The molecule has 0 aliphatic heterocycles. The Hall–Kier alpha value is -0.800. The van der Waals surface area contributed by atoms with Crippen molar-refractivity contribution < 1.29 is 13.3 Å². The second-order valence-electron chi connectivity index (χ2n) is 0.550. The van der Waals surface area contributed by atoms with Crippen LogP contribution in [0, 0.1) is 10.1 Å². The SMILES string of the molecule is [2H]C([2H])([2H])N([N+](=O)[O-])C([2H])([2H])[2H]. The van der Waals surface area contributed by atoms with E-state index >= 15 is 0 Å². The topological polar surface area (TPSA) is 46.4 Å². The van der Waals surface area contributed by atoms with Crippen LogP contribution in [0.4, 0.5) is 0 Å². The van der Waals surface area contributed by atoms with Gasteiger partial charge in [-0.3, -0.25) is 0 Å². The molecule has 0 aromatic rings. The van der Waals surface area contributed by atoms with Crippen molar-refractivity contribution in [2.45, 2.75) is 0 Å². The van der Waals surface area contributed by atoms with Gasteiger partial charge in [-0.05, 0) is 0 Å². The van der Waals surface area contributed by atoms with Gasteiger partial charge in [0.1, 0.15) is 0 Å². The minimum Gasteiger partial charge on any atom is -0.235 e. The molecule has 0 bridgehead atoms. The van der Waals surface area contributed by atoms with Gasteiger partial charge in [-0.2, -0.15) is 0 Å². The van der Waals surface area contributed by atoms with Crippen LogP contribution in [-0.2, 0) is 0 Å². The van der Waals surface area contributed by atoms with Gasteiger partial charge in [0.2, 0.25) is 0 Å². The second kappa shape index (κ2) is 1.59. The lowest BCUT2D eigenvalue weighted by molar-refractivity contribution is -0.642. The third-order valence-corrected chi connectivity index (χ3v) is 0.163. The largest absolute Gasteiger partial charge is 0.235 e. The average molecular weight is 96.1 g/mol. The molecule has 0 aromatic heterocycles. The molecule has 0 fully saturated rings. The summed E-state index contributed by atoms with van der Waals surface area (Å²) in [6, 6.07) is 0. The Morgan fingerprint density at radius 2 is 2.50 bits per heavy atom. The Kier molecular flexibility index (Phi) is 0.234. The van der Waals surface area contributed by atoms with Gasteiger partial charge in [0.05, 0.1) is 22.2 Å². The van der Waals surface area contributed by atoms with Gasteiger partial charge < -0.3 is 0 Å². The molecule has 6 heavy (non-hydrogen) atoms. The number of hydrogen-bond acceptors (Lipinski definition) is 2. The van der Waals surface area contributed by atoms with Gasteiger partial charge in [0.25, 0.3) is 0 Å². The molecule has 0 aliphatic carbocycles. The van der Waals surface area contributed by atoms with Crippen molar-refractivity contribution in [2.75, 3.05) is 14.0 Å². The van der Waals surface area contributed by atoms with Crippen LogP contribution in [0.5, 0.6) is 0 Å². The molecule has 4 heteroatoms. The number of rotatable bonds is 1. The van der Waals surface area contributed by atoms with Crippen LogP contribution in [0.15, 0.2) is 0 Å². The Labute approximate surface area is 43.9 Å². The number of nitrogens with zero attached hydrogens (tertiary/aromatic N) is 2. The Bertz CT molecular complexity index is 169. The van der Waals surface area contributed by atoms with Gasteiger partial charge in [0, 0.05) is 0 Å². The predicted molar refractivity (Wildman–Crippen MR) is 20.7 cm³/mol. The van der Waals surface area contributed by atoms with E-state index in [9.17, 15) is 10.1 Å². The van der Waals surface area contributed by atoms with Crippen molar-refractivity contribution >= 4 is 0 Å². The molecule has 0 amide bonds. The smallest absolute Gasteiger partial charge is 0.159 e. The molecular weight excluding hydrogens is 84.0 g/mol. The second-order valence-corrected chi connectivity index (χ2v) is 0.550. The molecule has 0 aromatic carbocycles. The molecule has 0 saturated heterocycles. The van der Waals surface area contributed by atoms with Crippen LogP contribution in [0.25, 0.3) is 0 Å². The van der Waals surface area contributed by atoms with Crippen molar-refractivity contribution in [2.24, 2.45) is 0 Å². The predicted octanol–water partition coefficient (Wildman–Crippen LogP) is -0.260. The summed E-state index contributed by atoms with van der Waals surface area (Å²) in [5, 5.41) is 7.81. The van der Waals surface area contributed by atoms with E-state index in [-0.39, 0.29) is 0 Å². The first-order chi connectivity index (χ1) is 5.07. The maximum absolute atomic E-state index is 10.0. The lowest BCUT2D eigenvalue weighted by Gasteiger charge is -1.94. The van der Waals surface area contributed by atoms with E-state index in [4.69, 9.17) is 8.22 Å². The first-order valence-corrected chi connectivity index (χ1v) is 1.01. The summed E-state index contributed by atoms with van der Waals surface area (Å²) in [6.45, 7) is -6.51. The third-order valence-electron chi connectivity index (χ3n) is 0.163. The van der Waals surface area contributed by atoms with Gasteiger partial charge in [-0.15, -0.1) is 5.01 Å². The minimum atomic E-state index is -3.26. The number of nitro groups is 1. The van der Waals surface area contributed by atoms with Gasteiger partial charge in [0.15, 0.2) is 5.03 Å². The fraction of sp³-hybridized carbons (Fsp3) is 1.00. The zero-order valence-corrected chi connectivity index (χ0v) is 2.71. The van der Waals surface area contributed by atoms with Crippen molar-refractivity contribution in [1.82, 2.24) is 5.01 Å². The van der Waals surface area contributed by atoms with Crippen molar-refractivity contribution in [3.8, 4) is 0 Å². The zero-order chi connectivity index (χ0) is 10.2. The molecule has 0 N–H and O–H groups in total. The highest BCUT2D eigenvalue weighted by molar-refractivity contribution is 4.04. The first-order valence-electron chi connectivity index (χ1n) is 4.01. The highest BCUT2D eigenvalue weighted by atomic mass is 16.7. The van der Waals surface area contributed by atoms with Crippen LogP contribution in [0.1, 0.15) is 8.22 Å². The lowest BCUT2D eigenvalue weighted by Crippen LogP contribution is -2.18. The fourth-order valence-electron chi connectivity index (χ4n) is 0. The standard InChI is InChI=1S/C2H6N2O2/c1-3(2)4(5)6/h1-2H3/i1D3,2D3. The summed E-state index contributed by atoms with van der Waals surface area (Å²) in [4.78, 5) is 10.0. The van der Waals surface area contributed by atoms with Gasteiger partial charge >= 0.3 is 0 Å². The van der Waals surface area contributed by atoms with E-state index in [1.165, 1.54) is 0 Å². The summed E-state index contributed by atoms with van der Waals surface area (Å²) in [6.07, 6.45) is 0. The monoisotopic (exact) mass is 96.1 g/mol. The molecular formula is C2H6N2O2. The maximum Gasteiger partial charge on any atom is 0.159 e. The van der Waals surface area contributed by atoms with E-state index < -0.39 is 24.0 Å². The highest BCUT2D eigenvalue weighted by Gasteiger charge is 1.91. The summed E-state index contributed by atoms with van der Waals surface area (Å²) < 4.78 is 39.2. The molecule has 0 radical (unpaired) electrons. The van der Waals surface area contributed by atoms with Crippen LogP contribution >= 0.6 is 0 Å². The van der Waals surface area contributed by atoms with Gasteiger partial charge in [-0.25, -0.2) is 10.1 Å². The van der Waals surface area contributed by atoms with E-state index in [1.807, 2.05) is 0 Å². The lowest BCUT2D eigenvalue weighted by atomic mass is 11.2. The van der Waals surface area contributed by atoms with E-state index in [1.54, 1.807) is 0 Å². The summed E-state index contributed by atoms with van der Waals surface area (Å²) in [5.41, 5.74) is 0. The molecule has 0 atom stereocenters. The molecule has 4 nitrogen and oxygen atoms in total. The fourth-order valence-corrected chi connectivity index (χ4v) is 0. The van der Waals surface area contributed by atoms with Crippen molar-refractivity contribution in [3.63, 3.8) is 0 Å². The summed E-state index contributed by atoms with van der Waals surface area (Å²) in [7, 11) is 0. The Balaban J connectivity index is 4.82.